The fourth-order valence-electron chi connectivity index (χ4n) is 8.87. The molecule has 0 spiro atoms. The molecule has 1 N–H and O–H groups in total. The highest BCUT2D eigenvalue weighted by atomic mass is 31.2. The monoisotopic (exact) mass is 1040 g/mol. The molecule has 0 rings (SSSR count). The number of rotatable bonds is 57. The molecule has 0 heterocycles. The van der Waals surface area contributed by atoms with Gasteiger partial charge >= 0.3 is 19.8 Å². The minimum Gasteiger partial charge on any atom is -0.462 e. The first kappa shape index (κ1) is 70.2. The van der Waals surface area contributed by atoms with Gasteiger partial charge in [0.05, 0.1) is 27.7 Å². The highest BCUT2D eigenvalue weighted by molar-refractivity contribution is 7.47. The van der Waals surface area contributed by atoms with E-state index in [-0.39, 0.29) is 32.0 Å². The van der Waals surface area contributed by atoms with E-state index in [0.29, 0.717) is 17.4 Å². The van der Waals surface area contributed by atoms with Gasteiger partial charge in [0.25, 0.3) is 0 Å². The zero-order valence-electron chi connectivity index (χ0n) is 48.2. The Kier molecular flexibility index (Phi) is 52.7. The lowest BCUT2D eigenvalue weighted by atomic mass is 10.0. The highest BCUT2D eigenvalue weighted by Gasteiger charge is 2.27. The highest BCUT2D eigenvalue weighted by Crippen LogP contribution is 2.43. The van der Waals surface area contributed by atoms with Gasteiger partial charge in [0.2, 0.25) is 0 Å². The van der Waals surface area contributed by atoms with Crippen molar-refractivity contribution in [1.82, 2.24) is 0 Å². The number of hydrogen-bond donors (Lipinski definition) is 1. The minimum atomic E-state index is -4.39. The van der Waals surface area contributed by atoms with Crippen LogP contribution in [0.4, 0.5) is 0 Å². The Morgan fingerprint density at radius 3 is 1.11 bits per heavy atom. The average Bonchev–Trinajstić information content (AvgIpc) is 3.34. The predicted octanol–water partition coefficient (Wildman–Crippen LogP) is 19.2. The number of esters is 2. The number of nitrogens with zero attached hydrogens (tertiary/aromatic N) is 1. The maximum absolute atomic E-state index is 12.8. The Hall–Kier alpha value is -1.77. The molecule has 0 bridgehead atoms. The quantitative estimate of drug-likeness (QED) is 0.0211. The molecule has 0 saturated carbocycles. The molecule has 72 heavy (non-hydrogen) atoms. The summed E-state index contributed by atoms with van der Waals surface area (Å²) in [6.45, 7) is 4.47. The van der Waals surface area contributed by atoms with Gasteiger partial charge in [-0.25, -0.2) is 4.57 Å². The number of likely N-dealkylation sites (N-methyl/N-ethyl adjacent to an activating group) is 1. The lowest BCUT2D eigenvalue weighted by Crippen LogP contribution is -2.37. The fraction of sp³-hybridized carbons (Fsp3) is 0.871. The predicted molar refractivity (Wildman–Crippen MR) is 307 cm³/mol. The van der Waals surface area contributed by atoms with E-state index in [2.05, 4.69) is 50.3 Å². The van der Waals surface area contributed by atoms with Crippen LogP contribution in [0.2, 0.25) is 0 Å². The molecule has 0 saturated heterocycles. The second-order valence-electron chi connectivity index (χ2n) is 22.1. The minimum absolute atomic E-state index is 0.0328. The Labute approximate surface area is 446 Å². The summed E-state index contributed by atoms with van der Waals surface area (Å²) in [5, 5.41) is 0. The smallest absolute Gasteiger partial charge is 0.462 e. The lowest BCUT2D eigenvalue weighted by Gasteiger charge is -2.24. The van der Waals surface area contributed by atoms with Crippen molar-refractivity contribution in [2.45, 2.75) is 302 Å². The van der Waals surface area contributed by atoms with Gasteiger partial charge in [-0.3, -0.25) is 18.6 Å². The number of unbranched alkanes of at least 4 members (excludes halogenated alkanes) is 37. The average molecular weight is 1040 g/mol. The molecule has 0 aliphatic carbocycles. The van der Waals surface area contributed by atoms with Gasteiger partial charge in [-0.1, -0.05) is 249 Å². The number of carbonyl (C=O) groups excluding carboxylic acids is 2. The van der Waals surface area contributed by atoms with Crippen molar-refractivity contribution in [1.29, 1.82) is 0 Å². The Balaban J connectivity index is 4.10. The topological polar surface area (TPSA) is 108 Å². The Morgan fingerprint density at radius 2 is 0.750 bits per heavy atom. The summed E-state index contributed by atoms with van der Waals surface area (Å²) in [5.74, 6) is -0.786. The van der Waals surface area contributed by atoms with Gasteiger partial charge in [0, 0.05) is 12.8 Å². The molecule has 0 aliphatic heterocycles. The van der Waals surface area contributed by atoms with E-state index >= 15 is 0 Å². The number of quaternary nitrogens is 1. The first-order chi connectivity index (χ1) is 35.0. The van der Waals surface area contributed by atoms with E-state index < -0.39 is 26.5 Å². The van der Waals surface area contributed by atoms with Gasteiger partial charge in [-0.05, 0) is 70.6 Å². The number of phosphoric acid groups is 1. The maximum atomic E-state index is 12.8. The second-order valence-corrected chi connectivity index (χ2v) is 23.5. The fourth-order valence-corrected chi connectivity index (χ4v) is 9.61. The molecule has 0 aromatic heterocycles. The van der Waals surface area contributed by atoms with Gasteiger partial charge in [-0.15, -0.1) is 0 Å². The summed E-state index contributed by atoms with van der Waals surface area (Å²) in [5.41, 5.74) is 0. The number of allylic oxidation sites excluding steroid dienone is 6. The van der Waals surface area contributed by atoms with E-state index in [0.717, 1.165) is 38.5 Å². The van der Waals surface area contributed by atoms with E-state index in [4.69, 9.17) is 18.5 Å². The van der Waals surface area contributed by atoms with Crippen LogP contribution in [0, 0.1) is 0 Å². The molecular formula is C62H119NO8P+. The van der Waals surface area contributed by atoms with Crippen LogP contribution in [0.5, 0.6) is 0 Å². The number of phosphoric ester groups is 1. The third-order valence-electron chi connectivity index (χ3n) is 13.6. The molecule has 2 atom stereocenters. The standard InChI is InChI=1S/C62H118NO8P/c1-6-8-10-12-14-16-18-20-22-24-26-28-29-30-31-32-33-35-37-39-41-43-45-47-49-51-53-55-62(65)71-60(59-70-72(66,67)69-57-56-63(3,4)5)58-68-61(64)54-52-50-48-46-44-42-40-38-36-34-27-25-23-21-19-17-15-13-11-9-7-2/h18,20,24-27,60H,6-17,19,21-23,28-59H2,1-5H3/p+1/b20-18-,26-24-,27-25-. The summed E-state index contributed by atoms with van der Waals surface area (Å²) in [7, 11) is 1.49. The summed E-state index contributed by atoms with van der Waals surface area (Å²) in [6.07, 6.45) is 66.4. The van der Waals surface area contributed by atoms with E-state index in [9.17, 15) is 19.0 Å². The number of ether oxygens (including phenoxy) is 2. The molecule has 0 aliphatic rings. The van der Waals surface area contributed by atoms with Gasteiger partial charge in [0.1, 0.15) is 19.8 Å². The van der Waals surface area contributed by atoms with Crippen molar-refractivity contribution in [2.75, 3.05) is 47.5 Å². The van der Waals surface area contributed by atoms with Crippen LogP contribution in [0.15, 0.2) is 36.5 Å². The molecular weight excluding hydrogens is 918 g/mol. The van der Waals surface area contributed by atoms with Crippen molar-refractivity contribution in [2.24, 2.45) is 0 Å². The molecule has 424 valence electrons. The molecule has 0 aromatic carbocycles. The Bertz CT molecular complexity index is 1310. The van der Waals surface area contributed by atoms with Crippen molar-refractivity contribution >= 4 is 19.8 Å². The normalized spacial score (nSPS) is 13.5. The van der Waals surface area contributed by atoms with Crippen LogP contribution in [0.3, 0.4) is 0 Å². The zero-order chi connectivity index (χ0) is 52.7. The summed E-state index contributed by atoms with van der Waals surface area (Å²) < 4.78 is 34.6. The zero-order valence-corrected chi connectivity index (χ0v) is 49.1. The summed E-state index contributed by atoms with van der Waals surface area (Å²) >= 11 is 0. The molecule has 0 amide bonds. The van der Waals surface area contributed by atoms with Crippen molar-refractivity contribution in [3.63, 3.8) is 0 Å². The second kappa shape index (κ2) is 54.0. The van der Waals surface area contributed by atoms with E-state index in [1.165, 1.54) is 225 Å². The molecule has 0 aromatic rings. The van der Waals surface area contributed by atoms with Gasteiger partial charge in [0.15, 0.2) is 6.10 Å². The third-order valence-corrected chi connectivity index (χ3v) is 14.6. The maximum Gasteiger partial charge on any atom is 0.472 e. The van der Waals surface area contributed by atoms with Crippen LogP contribution in [-0.4, -0.2) is 74.9 Å². The molecule has 0 radical (unpaired) electrons. The van der Waals surface area contributed by atoms with Crippen molar-refractivity contribution < 1.29 is 42.1 Å². The molecule has 0 fully saturated rings. The van der Waals surface area contributed by atoms with Crippen LogP contribution in [-0.2, 0) is 32.7 Å². The van der Waals surface area contributed by atoms with Gasteiger partial charge in [-0.2, -0.15) is 0 Å². The van der Waals surface area contributed by atoms with E-state index in [1.54, 1.807) is 0 Å². The third kappa shape index (κ3) is 57.5. The number of hydrogen-bond acceptors (Lipinski definition) is 7. The van der Waals surface area contributed by atoms with Crippen molar-refractivity contribution in [3.05, 3.63) is 36.5 Å². The SMILES string of the molecule is CCCCCCC/C=C\C/C=C\CCCCCCCCCCCCCCCCCC(=O)OC(COC(=O)CCCCCCCCCCC/C=C\CCCCCCCCCC)COP(=O)(O)OCC[N+](C)(C)C. The van der Waals surface area contributed by atoms with Crippen LogP contribution < -0.4 is 0 Å². The summed E-state index contributed by atoms with van der Waals surface area (Å²) in [6, 6.07) is 0. The molecule has 9 nitrogen and oxygen atoms in total. The summed E-state index contributed by atoms with van der Waals surface area (Å²) in [4.78, 5) is 35.7. The van der Waals surface area contributed by atoms with Crippen LogP contribution in [0.25, 0.3) is 0 Å². The lowest BCUT2D eigenvalue weighted by molar-refractivity contribution is -0.870. The van der Waals surface area contributed by atoms with Gasteiger partial charge < -0.3 is 18.9 Å². The van der Waals surface area contributed by atoms with Crippen LogP contribution in [0.1, 0.15) is 296 Å². The number of carbonyl (C=O) groups is 2. The molecule has 10 heteroatoms. The Morgan fingerprint density at radius 1 is 0.431 bits per heavy atom. The first-order valence-electron chi connectivity index (χ1n) is 30.7. The largest absolute Gasteiger partial charge is 0.472 e. The van der Waals surface area contributed by atoms with E-state index in [1.807, 2.05) is 21.1 Å². The molecule has 2 unspecified atom stereocenters. The first-order valence-corrected chi connectivity index (χ1v) is 32.2. The van der Waals surface area contributed by atoms with Crippen molar-refractivity contribution in [3.8, 4) is 0 Å². The van der Waals surface area contributed by atoms with Crippen LogP contribution >= 0.6 is 7.82 Å².